The molecule has 0 aromatic heterocycles. The molecule has 1 aliphatic heterocycles. The molecule has 1 aromatic rings. The molecule has 4 nitrogen and oxygen atoms in total. The molecule has 1 aliphatic carbocycles. The third-order valence-corrected chi connectivity index (χ3v) is 4.77. The quantitative estimate of drug-likeness (QED) is 0.927. The van der Waals surface area contributed by atoms with Crippen molar-refractivity contribution < 1.29 is 4.79 Å². The normalized spacial score (nSPS) is 24.8. The summed E-state index contributed by atoms with van der Waals surface area (Å²) in [6.45, 7) is 4.73. The molecule has 1 aromatic carbocycles. The molecule has 0 spiro atoms. The number of hydrogen-bond acceptors (Lipinski definition) is 3. The lowest BCUT2D eigenvalue weighted by molar-refractivity contribution is -0.134. The molecule has 0 bridgehead atoms. The van der Waals surface area contributed by atoms with Gasteiger partial charge >= 0.3 is 0 Å². The van der Waals surface area contributed by atoms with Crippen molar-refractivity contribution in [3.63, 3.8) is 0 Å². The molecule has 1 N–H and O–H groups in total. The Kier molecular flexibility index (Phi) is 4.44. The van der Waals surface area contributed by atoms with Crippen LogP contribution in [0, 0.1) is 23.2 Å². The second kappa shape index (κ2) is 6.50. The van der Waals surface area contributed by atoms with E-state index in [2.05, 4.69) is 23.2 Å². The van der Waals surface area contributed by atoms with E-state index in [1.807, 2.05) is 24.3 Å². The van der Waals surface area contributed by atoms with Gasteiger partial charge in [0.15, 0.2) is 0 Å². The lowest BCUT2D eigenvalue weighted by atomic mass is 9.93. The molecule has 116 valence electrons. The number of benzene rings is 1. The van der Waals surface area contributed by atoms with E-state index in [1.165, 1.54) is 0 Å². The molecule has 0 radical (unpaired) electrons. The summed E-state index contributed by atoms with van der Waals surface area (Å²) in [6, 6.07) is 10.3. The number of piperidine rings is 1. The molecule has 2 fully saturated rings. The Hall–Kier alpha value is -1.86. The average molecular weight is 297 g/mol. The molecule has 22 heavy (non-hydrogen) atoms. The highest BCUT2D eigenvalue weighted by Gasteiger charge is 2.36. The summed E-state index contributed by atoms with van der Waals surface area (Å²) in [4.78, 5) is 14.2. The van der Waals surface area contributed by atoms with E-state index in [9.17, 15) is 4.79 Å². The van der Waals surface area contributed by atoms with Crippen molar-refractivity contribution in [3.8, 4) is 6.07 Å². The molecule has 3 rings (SSSR count). The van der Waals surface area contributed by atoms with Crippen molar-refractivity contribution in [2.45, 2.75) is 38.8 Å². The van der Waals surface area contributed by atoms with Gasteiger partial charge in [-0.1, -0.05) is 19.1 Å². The van der Waals surface area contributed by atoms with Crippen LogP contribution in [-0.4, -0.2) is 29.9 Å². The summed E-state index contributed by atoms with van der Waals surface area (Å²) in [5, 5.41) is 12.5. The van der Waals surface area contributed by atoms with Gasteiger partial charge in [0.05, 0.1) is 11.6 Å². The number of carbonyl (C=O) groups is 1. The second-order valence-corrected chi connectivity index (χ2v) is 6.62. The predicted molar refractivity (Wildman–Crippen MR) is 84.9 cm³/mol. The first-order valence-electron chi connectivity index (χ1n) is 8.18. The van der Waals surface area contributed by atoms with Gasteiger partial charge in [0.25, 0.3) is 0 Å². The van der Waals surface area contributed by atoms with E-state index in [-0.39, 0.29) is 0 Å². The van der Waals surface area contributed by atoms with Gasteiger partial charge in [0.2, 0.25) is 5.91 Å². The number of amides is 1. The Labute approximate surface area is 132 Å². The van der Waals surface area contributed by atoms with Gasteiger partial charge in [-0.25, -0.2) is 0 Å². The Morgan fingerprint density at radius 2 is 2.23 bits per heavy atom. The minimum Gasteiger partial charge on any atom is -0.342 e. The van der Waals surface area contributed by atoms with Gasteiger partial charge in [-0.2, -0.15) is 5.26 Å². The van der Waals surface area contributed by atoms with Crippen molar-refractivity contribution in [2.75, 3.05) is 13.1 Å². The Morgan fingerprint density at radius 1 is 1.41 bits per heavy atom. The highest BCUT2D eigenvalue weighted by atomic mass is 16.2. The number of nitrogens with one attached hydrogen (secondary N) is 1. The summed E-state index contributed by atoms with van der Waals surface area (Å²) < 4.78 is 0. The Bertz CT molecular complexity index is 588. The zero-order valence-electron chi connectivity index (χ0n) is 13.1. The number of nitriles is 1. The number of hydrogen-bond donors (Lipinski definition) is 1. The van der Waals surface area contributed by atoms with Crippen molar-refractivity contribution in [2.24, 2.45) is 11.8 Å². The van der Waals surface area contributed by atoms with Crippen molar-refractivity contribution in [3.05, 3.63) is 35.4 Å². The summed E-state index contributed by atoms with van der Waals surface area (Å²) in [5.74, 6) is 1.16. The summed E-state index contributed by atoms with van der Waals surface area (Å²) in [6.07, 6.45) is 3.18. The fourth-order valence-electron chi connectivity index (χ4n) is 3.24. The zero-order valence-corrected chi connectivity index (χ0v) is 13.1. The van der Waals surface area contributed by atoms with Gasteiger partial charge in [-0.3, -0.25) is 4.79 Å². The van der Waals surface area contributed by atoms with Gasteiger partial charge < -0.3 is 10.2 Å². The maximum Gasteiger partial charge on any atom is 0.225 e. The first-order valence-corrected chi connectivity index (χ1v) is 8.18. The third kappa shape index (κ3) is 3.48. The molecule has 2 aliphatic rings. The van der Waals surface area contributed by atoms with Crippen molar-refractivity contribution in [1.29, 1.82) is 5.26 Å². The van der Waals surface area contributed by atoms with E-state index in [4.69, 9.17) is 5.26 Å². The molecule has 4 heteroatoms. The largest absolute Gasteiger partial charge is 0.342 e. The van der Waals surface area contributed by atoms with Gasteiger partial charge in [0, 0.05) is 31.6 Å². The van der Waals surface area contributed by atoms with E-state index >= 15 is 0 Å². The van der Waals surface area contributed by atoms with E-state index in [0.717, 1.165) is 44.5 Å². The number of rotatable bonds is 4. The summed E-state index contributed by atoms with van der Waals surface area (Å²) in [5.41, 5.74) is 1.85. The highest BCUT2D eigenvalue weighted by Crippen LogP contribution is 2.32. The molecule has 1 heterocycles. The SMILES string of the molecule is C[C@@H]1CN(C(=O)C2CC2)CC[C@@H]1NCc1cccc(C#N)c1. The molecule has 1 saturated carbocycles. The molecule has 1 saturated heterocycles. The standard InChI is InChI=1S/C18H23N3O/c1-13-12-21(18(22)16-5-6-16)8-7-17(13)20-11-15-4-2-3-14(9-15)10-19/h2-4,9,13,16-17,20H,5-8,11-12H2,1H3/t13-,17+/m1/s1. The van der Waals surface area contributed by atoms with Crippen LogP contribution in [0.4, 0.5) is 0 Å². The topological polar surface area (TPSA) is 56.1 Å². The van der Waals surface area contributed by atoms with E-state index in [1.54, 1.807) is 0 Å². The van der Waals surface area contributed by atoms with Crippen LogP contribution in [0.5, 0.6) is 0 Å². The number of carbonyl (C=O) groups excluding carboxylic acids is 1. The minimum absolute atomic E-state index is 0.324. The van der Waals surface area contributed by atoms with Crippen LogP contribution in [0.1, 0.15) is 37.3 Å². The predicted octanol–water partition coefficient (Wildman–Crippen LogP) is 2.29. The molecular formula is C18H23N3O. The van der Waals surface area contributed by atoms with Crippen LogP contribution in [0.15, 0.2) is 24.3 Å². The fraction of sp³-hybridized carbons (Fsp3) is 0.556. The summed E-state index contributed by atoms with van der Waals surface area (Å²) in [7, 11) is 0. The van der Waals surface area contributed by atoms with Crippen molar-refractivity contribution >= 4 is 5.91 Å². The van der Waals surface area contributed by atoms with Crippen LogP contribution >= 0.6 is 0 Å². The van der Waals surface area contributed by atoms with Crippen LogP contribution in [0.2, 0.25) is 0 Å². The third-order valence-electron chi connectivity index (χ3n) is 4.77. The first kappa shape index (κ1) is 15.1. The van der Waals surface area contributed by atoms with Gasteiger partial charge in [0.1, 0.15) is 0 Å². The maximum absolute atomic E-state index is 12.1. The maximum atomic E-state index is 12.1. The Balaban J connectivity index is 1.51. The zero-order chi connectivity index (χ0) is 15.5. The van der Waals surface area contributed by atoms with Gasteiger partial charge in [-0.05, 0) is 42.9 Å². The summed E-state index contributed by atoms with van der Waals surface area (Å²) >= 11 is 0. The molecule has 2 atom stereocenters. The minimum atomic E-state index is 0.324. The molecular weight excluding hydrogens is 274 g/mol. The lowest BCUT2D eigenvalue weighted by Gasteiger charge is -2.37. The second-order valence-electron chi connectivity index (χ2n) is 6.62. The number of likely N-dealkylation sites (tertiary alicyclic amines) is 1. The molecule has 0 unspecified atom stereocenters. The lowest BCUT2D eigenvalue weighted by Crippen LogP contribution is -2.50. The van der Waals surface area contributed by atoms with Crippen LogP contribution in [0.3, 0.4) is 0 Å². The monoisotopic (exact) mass is 297 g/mol. The fourth-order valence-corrected chi connectivity index (χ4v) is 3.24. The highest BCUT2D eigenvalue weighted by molar-refractivity contribution is 5.81. The Morgan fingerprint density at radius 3 is 2.91 bits per heavy atom. The van der Waals surface area contributed by atoms with Gasteiger partial charge in [-0.15, -0.1) is 0 Å². The molecule has 1 amide bonds. The van der Waals surface area contributed by atoms with E-state index < -0.39 is 0 Å². The average Bonchev–Trinajstić information content (AvgIpc) is 3.38. The first-order chi connectivity index (χ1) is 10.7. The number of nitrogens with zero attached hydrogens (tertiary/aromatic N) is 2. The van der Waals surface area contributed by atoms with Crippen LogP contribution in [0.25, 0.3) is 0 Å². The van der Waals surface area contributed by atoms with Crippen LogP contribution < -0.4 is 5.32 Å². The smallest absolute Gasteiger partial charge is 0.225 e. The van der Waals surface area contributed by atoms with Crippen molar-refractivity contribution in [1.82, 2.24) is 10.2 Å². The van der Waals surface area contributed by atoms with E-state index in [0.29, 0.717) is 29.3 Å². The van der Waals surface area contributed by atoms with Crippen LogP contribution in [-0.2, 0) is 11.3 Å².